The number of hydrogen-bond donors (Lipinski definition) is 3. The van der Waals surface area contributed by atoms with Gasteiger partial charge in [-0.25, -0.2) is 0 Å². The van der Waals surface area contributed by atoms with Crippen molar-refractivity contribution in [3.05, 3.63) is 65.7 Å². The van der Waals surface area contributed by atoms with Crippen LogP contribution in [0.15, 0.2) is 54.6 Å². The fraction of sp³-hybridized carbons (Fsp3) is 0. The molecule has 3 N–H and O–H groups in total. The minimum Gasteiger partial charge on any atom is -0.508 e. The summed E-state index contributed by atoms with van der Waals surface area (Å²) in [5.74, 6) is 0.497. The molecule has 0 heterocycles. The molecule has 0 radical (unpaired) electrons. The van der Waals surface area contributed by atoms with E-state index in [1.165, 1.54) is 0 Å². The molecule has 0 atom stereocenters. The Bertz CT molecular complexity index is 818. The fourth-order valence-corrected chi connectivity index (χ4v) is 2.31. The summed E-state index contributed by atoms with van der Waals surface area (Å²) in [6.45, 7) is 0. The number of phenols is 3. The molecular weight excluding hydrogens is 264 g/mol. The molecule has 3 rings (SSSR count). The Morgan fingerprint density at radius 2 is 1.43 bits per heavy atom. The molecule has 21 heavy (non-hydrogen) atoms. The van der Waals surface area contributed by atoms with E-state index in [-0.39, 0.29) is 17.2 Å². The first-order chi connectivity index (χ1) is 10.1. The maximum absolute atomic E-state index is 10.0. The SMILES string of the molecule is Oc1ccc(/C=C/c2ccc(O)c3cccc(O)c23)cc1. The van der Waals surface area contributed by atoms with Gasteiger partial charge in [0.25, 0.3) is 0 Å². The predicted molar refractivity (Wildman–Crippen MR) is 84.3 cm³/mol. The second-order valence-electron chi connectivity index (χ2n) is 4.80. The van der Waals surface area contributed by atoms with Crippen molar-refractivity contribution in [2.24, 2.45) is 0 Å². The second-order valence-corrected chi connectivity index (χ2v) is 4.80. The number of hydrogen-bond acceptors (Lipinski definition) is 3. The van der Waals surface area contributed by atoms with Crippen molar-refractivity contribution in [1.29, 1.82) is 0 Å². The zero-order chi connectivity index (χ0) is 14.8. The van der Waals surface area contributed by atoms with Crippen LogP contribution in [0.1, 0.15) is 11.1 Å². The van der Waals surface area contributed by atoms with Crippen LogP contribution in [0.4, 0.5) is 0 Å². The van der Waals surface area contributed by atoms with Gasteiger partial charge in [-0.15, -0.1) is 0 Å². The molecule has 0 bridgehead atoms. The standard InChI is InChI=1S/C18H14O3/c19-14-9-5-12(6-10-14)4-7-13-8-11-16(20)15-2-1-3-17(21)18(13)15/h1-11,19-21H/b7-4+. The molecule has 0 saturated heterocycles. The molecule has 3 nitrogen and oxygen atoms in total. The van der Waals surface area contributed by atoms with Crippen molar-refractivity contribution >= 4 is 22.9 Å². The van der Waals surface area contributed by atoms with Gasteiger partial charge in [-0.1, -0.05) is 42.5 Å². The molecule has 0 fully saturated rings. The van der Waals surface area contributed by atoms with E-state index >= 15 is 0 Å². The van der Waals surface area contributed by atoms with E-state index < -0.39 is 0 Å². The van der Waals surface area contributed by atoms with Crippen LogP contribution in [0.3, 0.4) is 0 Å². The lowest BCUT2D eigenvalue weighted by Crippen LogP contribution is -1.81. The Labute approximate surface area is 122 Å². The third-order valence-electron chi connectivity index (χ3n) is 3.38. The maximum Gasteiger partial charge on any atom is 0.124 e. The van der Waals surface area contributed by atoms with Crippen molar-refractivity contribution in [2.75, 3.05) is 0 Å². The summed E-state index contributed by atoms with van der Waals surface area (Å²) >= 11 is 0. The summed E-state index contributed by atoms with van der Waals surface area (Å²) in [6.07, 6.45) is 3.76. The van der Waals surface area contributed by atoms with Crippen LogP contribution in [-0.2, 0) is 0 Å². The highest BCUT2D eigenvalue weighted by molar-refractivity contribution is 6.00. The molecule has 0 spiro atoms. The minimum absolute atomic E-state index is 0.133. The Morgan fingerprint density at radius 1 is 0.667 bits per heavy atom. The smallest absolute Gasteiger partial charge is 0.124 e. The van der Waals surface area contributed by atoms with Gasteiger partial charge in [0.2, 0.25) is 0 Å². The predicted octanol–water partition coefficient (Wildman–Crippen LogP) is 4.13. The van der Waals surface area contributed by atoms with E-state index in [1.807, 2.05) is 12.2 Å². The second kappa shape index (κ2) is 5.21. The Hall–Kier alpha value is -2.94. The molecule has 3 aromatic rings. The van der Waals surface area contributed by atoms with Crippen LogP contribution >= 0.6 is 0 Å². The first-order valence-corrected chi connectivity index (χ1v) is 6.56. The Balaban J connectivity index is 2.09. The van der Waals surface area contributed by atoms with Gasteiger partial charge in [0.05, 0.1) is 0 Å². The van der Waals surface area contributed by atoms with Crippen molar-refractivity contribution in [3.63, 3.8) is 0 Å². The van der Waals surface area contributed by atoms with Crippen molar-refractivity contribution in [1.82, 2.24) is 0 Å². The zero-order valence-electron chi connectivity index (χ0n) is 11.2. The van der Waals surface area contributed by atoms with Crippen LogP contribution in [0.25, 0.3) is 22.9 Å². The summed E-state index contributed by atoms with van der Waals surface area (Å²) < 4.78 is 0. The molecule has 0 unspecified atom stereocenters. The van der Waals surface area contributed by atoms with Gasteiger partial charge in [0.15, 0.2) is 0 Å². The molecule has 0 aliphatic carbocycles. The third kappa shape index (κ3) is 2.54. The van der Waals surface area contributed by atoms with Gasteiger partial charge in [-0.2, -0.15) is 0 Å². The highest BCUT2D eigenvalue weighted by Crippen LogP contribution is 2.34. The molecule has 0 aliphatic rings. The van der Waals surface area contributed by atoms with E-state index in [9.17, 15) is 15.3 Å². The average molecular weight is 278 g/mol. The molecule has 104 valence electrons. The third-order valence-corrected chi connectivity index (χ3v) is 3.38. The van der Waals surface area contributed by atoms with E-state index in [1.54, 1.807) is 54.6 Å². The summed E-state index contributed by atoms with van der Waals surface area (Å²) in [4.78, 5) is 0. The molecule has 0 aromatic heterocycles. The summed E-state index contributed by atoms with van der Waals surface area (Å²) in [6, 6.07) is 15.3. The molecule has 0 saturated carbocycles. The quantitative estimate of drug-likeness (QED) is 0.618. The van der Waals surface area contributed by atoms with Crippen molar-refractivity contribution < 1.29 is 15.3 Å². The minimum atomic E-state index is 0.133. The van der Waals surface area contributed by atoms with Crippen molar-refractivity contribution in [3.8, 4) is 17.2 Å². The van der Waals surface area contributed by atoms with Gasteiger partial charge in [-0.05, 0) is 35.4 Å². The molecule has 3 heteroatoms. The summed E-state index contributed by atoms with van der Waals surface area (Å²) in [7, 11) is 0. The average Bonchev–Trinajstić information content (AvgIpc) is 2.49. The van der Waals surface area contributed by atoms with E-state index in [0.717, 1.165) is 11.1 Å². The van der Waals surface area contributed by atoms with Gasteiger partial charge in [0, 0.05) is 10.8 Å². The van der Waals surface area contributed by atoms with E-state index in [2.05, 4.69) is 0 Å². The fourth-order valence-electron chi connectivity index (χ4n) is 2.31. The highest BCUT2D eigenvalue weighted by Gasteiger charge is 2.07. The van der Waals surface area contributed by atoms with Crippen LogP contribution in [0.5, 0.6) is 17.2 Å². The number of aromatic hydroxyl groups is 3. The van der Waals surface area contributed by atoms with Crippen LogP contribution in [-0.4, -0.2) is 15.3 Å². The van der Waals surface area contributed by atoms with Crippen LogP contribution in [0.2, 0.25) is 0 Å². The summed E-state index contributed by atoms with van der Waals surface area (Å²) in [5.41, 5.74) is 1.75. The van der Waals surface area contributed by atoms with Crippen LogP contribution < -0.4 is 0 Å². The Morgan fingerprint density at radius 3 is 2.19 bits per heavy atom. The lowest BCUT2D eigenvalue weighted by atomic mass is 10.0. The van der Waals surface area contributed by atoms with Crippen LogP contribution in [0, 0.1) is 0 Å². The number of benzene rings is 3. The number of rotatable bonds is 2. The topological polar surface area (TPSA) is 60.7 Å². The first-order valence-electron chi connectivity index (χ1n) is 6.56. The summed E-state index contributed by atoms with van der Waals surface area (Å²) in [5, 5.41) is 30.4. The number of fused-ring (bicyclic) bond motifs is 1. The van der Waals surface area contributed by atoms with Crippen molar-refractivity contribution in [2.45, 2.75) is 0 Å². The largest absolute Gasteiger partial charge is 0.508 e. The molecule has 3 aromatic carbocycles. The van der Waals surface area contributed by atoms with E-state index in [4.69, 9.17) is 0 Å². The molecule has 0 amide bonds. The lowest BCUT2D eigenvalue weighted by Gasteiger charge is -2.07. The molecule has 0 aliphatic heterocycles. The van der Waals surface area contributed by atoms with Gasteiger partial charge < -0.3 is 15.3 Å². The van der Waals surface area contributed by atoms with Gasteiger partial charge >= 0.3 is 0 Å². The first kappa shape index (κ1) is 13.1. The normalized spacial score (nSPS) is 11.2. The Kier molecular flexibility index (Phi) is 3.24. The lowest BCUT2D eigenvalue weighted by molar-refractivity contribution is 0.475. The highest BCUT2D eigenvalue weighted by atomic mass is 16.3. The maximum atomic E-state index is 10.0. The van der Waals surface area contributed by atoms with Gasteiger partial charge in [0.1, 0.15) is 17.2 Å². The molecular formula is C18H14O3. The zero-order valence-corrected chi connectivity index (χ0v) is 11.2. The van der Waals surface area contributed by atoms with E-state index in [0.29, 0.717) is 10.8 Å². The monoisotopic (exact) mass is 278 g/mol. The number of phenolic OH excluding ortho intramolecular Hbond substituents is 3. The van der Waals surface area contributed by atoms with Gasteiger partial charge in [-0.3, -0.25) is 0 Å².